The van der Waals surface area contributed by atoms with E-state index in [-0.39, 0.29) is 0 Å². The second kappa shape index (κ2) is 8.15. The van der Waals surface area contributed by atoms with Crippen molar-refractivity contribution in [2.75, 3.05) is 13.2 Å². The van der Waals surface area contributed by atoms with Crippen LogP contribution in [0.15, 0.2) is 24.3 Å². The molecule has 102 valence electrons. The first kappa shape index (κ1) is 15.0. The van der Waals surface area contributed by atoms with Crippen LogP contribution in [-0.4, -0.2) is 19.2 Å². The fraction of sp³-hybridized carbons (Fsp3) is 0.625. The van der Waals surface area contributed by atoms with Gasteiger partial charge in [-0.15, -0.1) is 0 Å². The van der Waals surface area contributed by atoms with Gasteiger partial charge in [0.25, 0.3) is 0 Å². The molecule has 1 atom stereocenters. The Kier molecular flexibility index (Phi) is 6.81. The molecule has 18 heavy (non-hydrogen) atoms. The zero-order chi connectivity index (χ0) is 13.4. The van der Waals surface area contributed by atoms with Crippen LogP contribution in [0.25, 0.3) is 0 Å². The summed E-state index contributed by atoms with van der Waals surface area (Å²) in [6, 6.07) is 8.94. The second-order valence-corrected chi connectivity index (χ2v) is 5.22. The summed E-state index contributed by atoms with van der Waals surface area (Å²) < 4.78 is 5.81. The van der Waals surface area contributed by atoms with E-state index in [0.29, 0.717) is 12.0 Å². The number of ether oxygens (including phenoxy) is 1. The molecular formula is C16H27NO. The molecule has 0 amide bonds. The Morgan fingerprint density at radius 1 is 1.22 bits per heavy atom. The molecule has 0 fully saturated rings. The van der Waals surface area contributed by atoms with Crippen molar-refractivity contribution in [1.29, 1.82) is 0 Å². The molecule has 0 heterocycles. The van der Waals surface area contributed by atoms with Crippen LogP contribution in [-0.2, 0) is 0 Å². The third-order valence-electron chi connectivity index (χ3n) is 3.09. The van der Waals surface area contributed by atoms with Crippen molar-refractivity contribution in [2.45, 2.75) is 52.5 Å². The first-order valence-electron chi connectivity index (χ1n) is 7.09. The fourth-order valence-electron chi connectivity index (χ4n) is 1.81. The van der Waals surface area contributed by atoms with E-state index in [1.54, 1.807) is 0 Å². The first-order valence-corrected chi connectivity index (χ1v) is 7.09. The zero-order valence-corrected chi connectivity index (χ0v) is 12.2. The molecule has 1 N–H and O–H groups in total. The largest absolute Gasteiger partial charge is 0.494 e. The van der Waals surface area contributed by atoms with Crippen LogP contribution in [0.2, 0.25) is 0 Å². The molecule has 0 aliphatic carbocycles. The van der Waals surface area contributed by atoms with Crippen molar-refractivity contribution in [3.05, 3.63) is 29.8 Å². The van der Waals surface area contributed by atoms with Crippen LogP contribution < -0.4 is 10.1 Å². The maximum atomic E-state index is 5.81. The number of hydrogen-bond acceptors (Lipinski definition) is 2. The van der Waals surface area contributed by atoms with Gasteiger partial charge in [0, 0.05) is 6.04 Å². The zero-order valence-electron chi connectivity index (χ0n) is 12.2. The highest BCUT2D eigenvalue weighted by molar-refractivity contribution is 5.30. The summed E-state index contributed by atoms with van der Waals surface area (Å²) >= 11 is 0. The van der Waals surface area contributed by atoms with Crippen LogP contribution in [0.1, 0.15) is 52.0 Å². The van der Waals surface area contributed by atoms with Crippen molar-refractivity contribution in [3.8, 4) is 5.75 Å². The molecule has 2 heteroatoms. The molecule has 0 aromatic heterocycles. The van der Waals surface area contributed by atoms with Crippen molar-refractivity contribution >= 4 is 0 Å². The van der Waals surface area contributed by atoms with E-state index in [1.807, 2.05) is 6.07 Å². The average Bonchev–Trinajstić information content (AvgIpc) is 2.36. The van der Waals surface area contributed by atoms with Gasteiger partial charge in [-0.25, -0.2) is 0 Å². The highest BCUT2D eigenvalue weighted by atomic mass is 16.5. The summed E-state index contributed by atoms with van der Waals surface area (Å²) in [5.74, 6) is 1.54. The smallest absolute Gasteiger partial charge is 0.119 e. The van der Waals surface area contributed by atoms with E-state index < -0.39 is 0 Å². The van der Waals surface area contributed by atoms with Gasteiger partial charge >= 0.3 is 0 Å². The van der Waals surface area contributed by atoms with Crippen LogP contribution in [0.4, 0.5) is 0 Å². The molecule has 1 unspecified atom stereocenters. The van der Waals surface area contributed by atoms with Gasteiger partial charge in [0.2, 0.25) is 0 Å². The minimum Gasteiger partial charge on any atom is -0.494 e. The van der Waals surface area contributed by atoms with E-state index in [1.165, 1.54) is 12.0 Å². The van der Waals surface area contributed by atoms with Crippen molar-refractivity contribution < 1.29 is 4.74 Å². The average molecular weight is 249 g/mol. The highest BCUT2D eigenvalue weighted by Gasteiger charge is 2.03. The van der Waals surface area contributed by atoms with Crippen LogP contribution >= 0.6 is 0 Å². The van der Waals surface area contributed by atoms with E-state index in [4.69, 9.17) is 4.74 Å². The van der Waals surface area contributed by atoms with Crippen LogP contribution in [0.3, 0.4) is 0 Å². The summed E-state index contributed by atoms with van der Waals surface area (Å²) in [5, 5.41) is 3.47. The summed E-state index contributed by atoms with van der Waals surface area (Å²) in [6.07, 6.45) is 2.23. The molecule has 0 radical (unpaired) electrons. The van der Waals surface area contributed by atoms with E-state index in [9.17, 15) is 0 Å². The minimum absolute atomic E-state index is 0.526. The molecule has 1 aromatic carbocycles. The number of rotatable bonds is 8. The van der Waals surface area contributed by atoms with Gasteiger partial charge in [0.1, 0.15) is 5.75 Å². The molecule has 0 saturated heterocycles. The third kappa shape index (κ3) is 5.54. The maximum absolute atomic E-state index is 5.81. The Labute approximate surface area is 112 Å². The molecule has 2 nitrogen and oxygen atoms in total. The van der Waals surface area contributed by atoms with Gasteiger partial charge in [-0.3, -0.25) is 0 Å². The predicted octanol–water partition coefficient (Wildman–Crippen LogP) is 3.97. The van der Waals surface area contributed by atoms with Crippen LogP contribution in [0, 0.1) is 0 Å². The predicted molar refractivity (Wildman–Crippen MR) is 78.4 cm³/mol. The molecule has 1 rings (SSSR count). The van der Waals surface area contributed by atoms with Gasteiger partial charge in [-0.05, 0) is 49.9 Å². The molecule has 0 spiro atoms. The minimum atomic E-state index is 0.526. The molecular weight excluding hydrogens is 222 g/mol. The summed E-state index contributed by atoms with van der Waals surface area (Å²) in [4.78, 5) is 0. The Bertz CT molecular complexity index is 336. The number of hydrogen-bond donors (Lipinski definition) is 1. The number of nitrogens with one attached hydrogen (secondary N) is 1. The lowest BCUT2D eigenvalue weighted by atomic mass is 10.0. The lowest BCUT2D eigenvalue weighted by molar-refractivity contribution is 0.290. The second-order valence-electron chi connectivity index (χ2n) is 5.22. The Morgan fingerprint density at radius 3 is 2.67 bits per heavy atom. The van der Waals surface area contributed by atoms with E-state index >= 15 is 0 Å². The third-order valence-corrected chi connectivity index (χ3v) is 3.09. The quantitative estimate of drug-likeness (QED) is 0.753. The van der Waals surface area contributed by atoms with Gasteiger partial charge < -0.3 is 10.1 Å². The maximum Gasteiger partial charge on any atom is 0.119 e. The fourth-order valence-corrected chi connectivity index (χ4v) is 1.81. The topological polar surface area (TPSA) is 21.3 Å². The molecule has 0 aliphatic rings. The van der Waals surface area contributed by atoms with Gasteiger partial charge in [-0.1, -0.05) is 32.9 Å². The normalized spacial score (nSPS) is 12.7. The van der Waals surface area contributed by atoms with Crippen molar-refractivity contribution in [2.24, 2.45) is 0 Å². The highest BCUT2D eigenvalue weighted by Crippen LogP contribution is 2.20. The van der Waals surface area contributed by atoms with Gasteiger partial charge in [0.05, 0.1) is 6.61 Å². The van der Waals surface area contributed by atoms with Gasteiger partial charge in [0.15, 0.2) is 0 Å². The number of benzene rings is 1. The standard InChI is InChI=1S/C16H27NO/c1-5-10-17-14(4)9-11-18-16-8-6-7-15(12-16)13(2)3/h6-8,12-14,17H,5,9-11H2,1-4H3. The first-order chi connectivity index (χ1) is 8.63. The lowest BCUT2D eigenvalue weighted by Crippen LogP contribution is -2.28. The van der Waals surface area contributed by atoms with Crippen molar-refractivity contribution in [3.63, 3.8) is 0 Å². The SMILES string of the molecule is CCCNC(C)CCOc1cccc(C(C)C)c1. The molecule has 1 aromatic rings. The Hall–Kier alpha value is -1.02. The lowest BCUT2D eigenvalue weighted by Gasteiger charge is -2.14. The van der Waals surface area contributed by atoms with Gasteiger partial charge in [-0.2, -0.15) is 0 Å². The molecule has 0 saturated carbocycles. The summed E-state index contributed by atoms with van der Waals surface area (Å²) in [5.41, 5.74) is 1.34. The summed E-state index contributed by atoms with van der Waals surface area (Å²) in [7, 11) is 0. The summed E-state index contributed by atoms with van der Waals surface area (Å²) in [6.45, 7) is 10.7. The molecule has 0 bridgehead atoms. The monoisotopic (exact) mass is 249 g/mol. The molecule has 0 aliphatic heterocycles. The van der Waals surface area contributed by atoms with E-state index in [0.717, 1.165) is 25.3 Å². The van der Waals surface area contributed by atoms with E-state index in [2.05, 4.69) is 51.2 Å². The van der Waals surface area contributed by atoms with Crippen LogP contribution in [0.5, 0.6) is 5.75 Å². The Balaban J connectivity index is 2.32. The van der Waals surface area contributed by atoms with Crippen molar-refractivity contribution in [1.82, 2.24) is 5.32 Å². The Morgan fingerprint density at radius 2 is 2.00 bits per heavy atom.